The maximum absolute atomic E-state index is 12.8. The highest BCUT2D eigenvalue weighted by Gasteiger charge is 2.39. The fourth-order valence-electron chi connectivity index (χ4n) is 3.71. The van der Waals surface area contributed by atoms with Crippen molar-refractivity contribution >= 4 is 17.9 Å². The van der Waals surface area contributed by atoms with E-state index in [1.165, 1.54) is 4.90 Å². The molecule has 0 spiro atoms. The van der Waals surface area contributed by atoms with Crippen LogP contribution in [0.1, 0.15) is 47.1 Å². The smallest absolute Gasteiger partial charge is 0.261 e. The van der Waals surface area contributed by atoms with Gasteiger partial charge in [-0.05, 0) is 44.9 Å². The fourth-order valence-corrected chi connectivity index (χ4v) is 3.71. The molecule has 2 aromatic carbocycles. The van der Waals surface area contributed by atoms with Crippen LogP contribution in [0.3, 0.4) is 0 Å². The molecule has 1 aliphatic rings. The molecule has 2 aromatic rings. The lowest BCUT2D eigenvalue weighted by Gasteiger charge is -2.44. The molecule has 0 saturated heterocycles. The molecule has 3 rings (SSSR count). The third-order valence-corrected chi connectivity index (χ3v) is 4.87. The van der Waals surface area contributed by atoms with Gasteiger partial charge in [0.05, 0.1) is 23.7 Å². The molecule has 146 valence electrons. The standard InChI is InChI=1S/C22H24N2O4/c1-22(2,3)24(21(27)28)16(13-15-9-5-4-6-10-15)14-23-19(25)17-11-7-8-12-18(17)20(23)26/h4-12,16H,13-14H2,1-3H3,(H,27,28)/p-1/t16-/m0/s1. The molecule has 3 amide bonds. The van der Waals surface area contributed by atoms with Gasteiger partial charge in [0.15, 0.2) is 0 Å². The van der Waals surface area contributed by atoms with Crippen molar-refractivity contribution in [2.24, 2.45) is 0 Å². The highest BCUT2D eigenvalue weighted by molar-refractivity contribution is 6.21. The topological polar surface area (TPSA) is 80.8 Å². The SMILES string of the molecule is CC(C)(C)N(C(=O)[O-])[C@@H](Cc1ccccc1)CN1C(=O)c2ccccc2C1=O. The number of fused-ring (bicyclic) bond motifs is 1. The number of carbonyl (C=O) groups is 3. The summed E-state index contributed by atoms with van der Waals surface area (Å²) in [6.07, 6.45) is -0.968. The van der Waals surface area contributed by atoms with Crippen LogP contribution in [0.15, 0.2) is 54.6 Å². The second-order valence-corrected chi connectivity index (χ2v) is 7.92. The van der Waals surface area contributed by atoms with Crippen LogP contribution in [0, 0.1) is 0 Å². The van der Waals surface area contributed by atoms with Crippen LogP contribution < -0.4 is 5.11 Å². The highest BCUT2D eigenvalue weighted by atomic mass is 16.4. The van der Waals surface area contributed by atoms with Crippen molar-refractivity contribution in [3.63, 3.8) is 0 Å². The molecule has 6 heteroatoms. The molecular weight excluding hydrogens is 356 g/mol. The van der Waals surface area contributed by atoms with Crippen molar-refractivity contribution < 1.29 is 19.5 Å². The zero-order valence-electron chi connectivity index (χ0n) is 16.2. The summed E-state index contributed by atoms with van der Waals surface area (Å²) in [6, 6.07) is 15.4. The van der Waals surface area contributed by atoms with E-state index in [1.54, 1.807) is 45.0 Å². The zero-order valence-corrected chi connectivity index (χ0v) is 16.2. The van der Waals surface area contributed by atoms with E-state index in [9.17, 15) is 19.5 Å². The first kappa shape index (κ1) is 19.6. The number of hydrogen-bond donors (Lipinski definition) is 0. The molecule has 1 heterocycles. The van der Waals surface area contributed by atoms with Crippen molar-refractivity contribution in [3.05, 3.63) is 71.3 Å². The Morgan fingerprint density at radius 1 is 0.964 bits per heavy atom. The molecular formula is C22H23N2O4-. The third kappa shape index (κ3) is 3.76. The minimum atomic E-state index is -1.33. The van der Waals surface area contributed by atoms with E-state index in [1.807, 2.05) is 30.3 Å². The van der Waals surface area contributed by atoms with Crippen LogP contribution in [-0.2, 0) is 6.42 Å². The van der Waals surface area contributed by atoms with Crippen LogP contribution in [0.25, 0.3) is 0 Å². The number of carbonyl (C=O) groups excluding carboxylic acids is 3. The third-order valence-electron chi connectivity index (χ3n) is 4.87. The summed E-state index contributed by atoms with van der Waals surface area (Å²) in [5.41, 5.74) is 0.861. The summed E-state index contributed by atoms with van der Waals surface area (Å²) >= 11 is 0. The van der Waals surface area contributed by atoms with Gasteiger partial charge >= 0.3 is 0 Å². The van der Waals surface area contributed by atoms with Crippen molar-refractivity contribution in [3.8, 4) is 0 Å². The summed E-state index contributed by atoms with van der Waals surface area (Å²) < 4.78 is 0. The van der Waals surface area contributed by atoms with Crippen molar-refractivity contribution in [1.29, 1.82) is 0 Å². The second kappa shape index (κ2) is 7.46. The Balaban J connectivity index is 1.95. The van der Waals surface area contributed by atoms with Gasteiger partial charge in [-0.3, -0.25) is 14.5 Å². The van der Waals surface area contributed by atoms with E-state index in [0.717, 1.165) is 10.5 Å². The fraction of sp³-hybridized carbons (Fsp3) is 0.318. The lowest BCUT2D eigenvalue weighted by atomic mass is 9.98. The molecule has 1 aliphatic heterocycles. The van der Waals surface area contributed by atoms with E-state index in [2.05, 4.69) is 0 Å². The Labute approximate surface area is 164 Å². The second-order valence-electron chi connectivity index (χ2n) is 7.92. The number of amides is 3. The molecule has 28 heavy (non-hydrogen) atoms. The Kier molecular flexibility index (Phi) is 5.23. The molecule has 1 atom stereocenters. The van der Waals surface area contributed by atoms with Gasteiger partial charge < -0.3 is 14.8 Å². The van der Waals surface area contributed by atoms with Gasteiger partial charge in [0.25, 0.3) is 11.8 Å². The van der Waals surface area contributed by atoms with Gasteiger partial charge in [-0.2, -0.15) is 0 Å². The van der Waals surface area contributed by atoms with Gasteiger partial charge in [-0.25, -0.2) is 0 Å². The van der Waals surface area contributed by atoms with E-state index in [4.69, 9.17) is 0 Å². The van der Waals surface area contributed by atoms with E-state index in [-0.39, 0.29) is 6.54 Å². The predicted octanol–water partition coefficient (Wildman–Crippen LogP) is 2.34. The maximum Gasteiger partial charge on any atom is 0.261 e. The summed E-state index contributed by atoms with van der Waals surface area (Å²) in [4.78, 5) is 39.8. The van der Waals surface area contributed by atoms with Gasteiger partial charge in [0.1, 0.15) is 6.09 Å². The first-order valence-electron chi connectivity index (χ1n) is 9.19. The molecule has 6 nitrogen and oxygen atoms in total. The number of carboxylic acid groups (broad SMARTS) is 1. The summed E-state index contributed by atoms with van der Waals surface area (Å²) in [5.74, 6) is -0.795. The molecule has 0 fully saturated rings. The monoisotopic (exact) mass is 379 g/mol. The summed E-state index contributed by atoms with van der Waals surface area (Å²) in [7, 11) is 0. The van der Waals surface area contributed by atoms with Crippen molar-refractivity contribution in [1.82, 2.24) is 9.80 Å². The molecule has 0 radical (unpaired) electrons. The van der Waals surface area contributed by atoms with Crippen molar-refractivity contribution in [2.75, 3.05) is 6.54 Å². The Bertz CT molecular complexity index is 867. The molecule has 0 aliphatic carbocycles. The van der Waals surface area contributed by atoms with Crippen LogP contribution >= 0.6 is 0 Å². The molecule has 0 bridgehead atoms. The van der Waals surface area contributed by atoms with E-state index >= 15 is 0 Å². The normalized spacial score (nSPS) is 14.8. The molecule has 0 saturated carbocycles. The van der Waals surface area contributed by atoms with Crippen LogP contribution in [0.5, 0.6) is 0 Å². The first-order chi connectivity index (χ1) is 13.2. The summed E-state index contributed by atoms with van der Waals surface area (Å²) in [6.45, 7) is 5.27. The average Bonchev–Trinajstić information content (AvgIpc) is 2.86. The lowest BCUT2D eigenvalue weighted by Crippen LogP contribution is -2.60. The Morgan fingerprint density at radius 2 is 1.46 bits per heavy atom. The van der Waals surface area contributed by atoms with Crippen LogP contribution in [0.2, 0.25) is 0 Å². The quantitative estimate of drug-likeness (QED) is 0.747. The maximum atomic E-state index is 12.8. The number of hydrogen-bond acceptors (Lipinski definition) is 4. The lowest BCUT2D eigenvalue weighted by molar-refractivity contribution is -0.273. The van der Waals surface area contributed by atoms with E-state index < -0.39 is 29.5 Å². The minimum absolute atomic E-state index is 0.0352. The predicted molar refractivity (Wildman–Crippen MR) is 103 cm³/mol. The average molecular weight is 379 g/mol. The van der Waals surface area contributed by atoms with Gasteiger partial charge in [0, 0.05) is 5.54 Å². The molecule has 0 unspecified atom stereocenters. The summed E-state index contributed by atoms with van der Waals surface area (Å²) in [5, 5.41) is 12.0. The van der Waals surface area contributed by atoms with E-state index in [0.29, 0.717) is 17.5 Å². The van der Waals surface area contributed by atoms with Gasteiger partial charge in [0.2, 0.25) is 0 Å². The molecule has 0 aromatic heterocycles. The zero-order chi connectivity index (χ0) is 20.5. The Hall–Kier alpha value is -3.15. The first-order valence-corrected chi connectivity index (χ1v) is 9.19. The van der Waals surface area contributed by atoms with Crippen LogP contribution in [-0.4, -0.2) is 45.8 Å². The number of benzene rings is 2. The number of rotatable bonds is 5. The van der Waals surface area contributed by atoms with Gasteiger partial charge in [-0.15, -0.1) is 0 Å². The number of nitrogens with zero attached hydrogens (tertiary/aromatic N) is 2. The highest BCUT2D eigenvalue weighted by Crippen LogP contribution is 2.26. The largest absolute Gasteiger partial charge is 0.530 e. The Morgan fingerprint density at radius 3 is 1.93 bits per heavy atom. The minimum Gasteiger partial charge on any atom is -0.530 e. The molecule has 0 N–H and O–H groups in total. The van der Waals surface area contributed by atoms with Crippen molar-refractivity contribution in [2.45, 2.75) is 38.8 Å². The number of imide groups is 1. The van der Waals surface area contributed by atoms with Crippen LogP contribution in [0.4, 0.5) is 4.79 Å². The van der Waals surface area contributed by atoms with Gasteiger partial charge in [-0.1, -0.05) is 42.5 Å².